The van der Waals surface area contributed by atoms with E-state index in [1.54, 1.807) is 64.3 Å². The molecule has 0 aliphatic heterocycles. The Labute approximate surface area is 232 Å². The van der Waals surface area contributed by atoms with E-state index in [0.717, 1.165) is 5.69 Å². The van der Waals surface area contributed by atoms with Crippen molar-refractivity contribution in [3.8, 4) is 0 Å². The number of anilines is 1. The van der Waals surface area contributed by atoms with E-state index in [4.69, 9.17) is 25.5 Å². The zero-order valence-corrected chi connectivity index (χ0v) is 24.4. The largest absolute Gasteiger partial charge is 0.467 e. The lowest BCUT2D eigenvalue weighted by molar-refractivity contribution is 0.0476. The lowest BCUT2D eigenvalue weighted by Gasteiger charge is -2.26. The van der Waals surface area contributed by atoms with Crippen molar-refractivity contribution in [3.05, 3.63) is 46.8 Å². The van der Waals surface area contributed by atoms with Crippen molar-refractivity contribution in [1.29, 1.82) is 0 Å². The fraction of sp³-hybridized carbons (Fsp3) is 0.556. The predicted molar refractivity (Wildman–Crippen MR) is 146 cm³/mol. The minimum absolute atomic E-state index is 0.0250. The molecule has 0 unspecified atom stereocenters. The minimum Gasteiger partial charge on any atom is -0.467 e. The van der Waals surface area contributed by atoms with Crippen LogP contribution in [-0.4, -0.2) is 50.2 Å². The normalized spacial score (nSPS) is 13.7. The van der Waals surface area contributed by atoms with Crippen LogP contribution in [0.15, 0.2) is 28.9 Å². The van der Waals surface area contributed by atoms with Gasteiger partial charge in [-0.15, -0.1) is 5.10 Å². The number of aromatic nitrogens is 3. The lowest BCUT2D eigenvalue weighted by Crippen LogP contribution is -2.44. The molecule has 0 saturated carbocycles. The quantitative estimate of drug-likeness (QED) is 0.342. The molecule has 3 aromatic rings. The first-order valence-electron chi connectivity index (χ1n) is 12.8. The number of fused-ring (bicyclic) bond motifs is 1. The van der Waals surface area contributed by atoms with Crippen molar-refractivity contribution < 1.29 is 27.9 Å². The van der Waals surface area contributed by atoms with E-state index in [1.165, 1.54) is 18.1 Å². The molecule has 0 radical (unpaired) electrons. The highest BCUT2D eigenvalue weighted by Crippen LogP contribution is 2.30. The maximum atomic E-state index is 14.7. The summed E-state index contributed by atoms with van der Waals surface area (Å²) in [6, 6.07) is 4.34. The van der Waals surface area contributed by atoms with E-state index >= 15 is 0 Å². The fourth-order valence-corrected chi connectivity index (χ4v) is 4.15. The van der Waals surface area contributed by atoms with Crippen LogP contribution in [0.2, 0.25) is 5.28 Å². The molecule has 0 spiro atoms. The summed E-state index contributed by atoms with van der Waals surface area (Å²) < 4.78 is 32.7. The summed E-state index contributed by atoms with van der Waals surface area (Å²) >= 11 is 6.33. The van der Waals surface area contributed by atoms with Crippen LogP contribution in [0.3, 0.4) is 0 Å². The molecule has 10 nitrogen and oxygen atoms in total. The Morgan fingerprint density at radius 3 is 2.41 bits per heavy atom. The highest BCUT2D eigenvalue weighted by atomic mass is 35.5. The molecular formula is C27H37ClFN5O5. The van der Waals surface area contributed by atoms with Gasteiger partial charge in [0.15, 0.2) is 5.82 Å². The maximum absolute atomic E-state index is 14.7. The third kappa shape index (κ3) is 8.08. The Hall–Kier alpha value is -3.34. The molecule has 214 valence electrons. The summed E-state index contributed by atoms with van der Waals surface area (Å²) in [5, 5.41) is 6.91. The number of nitrogens with one attached hydrogen (secondary N) is 1. The van der Waals surface area contributed by atoms with Gasteiger partial charge in [0.2, 0.25) is 5.28 Å². The topological polar surface area (TPSA) is 111 Å². The molecule has 0 saturated heterocycles. The average Bonchev–Trinajstić information content (AvgIpc) is 3.41. The van der Waals surface area contributed by atoms with Gasteiger partial charge in [-0.05, 0) is 96.7 Å². The van der Waals surface area contributed by atoms with Crippen LogP contribution in [0, 0.1) is 0 Å². The van der Waals surface area contributed by atoms with E-state index in [1.807, 2.05) is 6.92 Å². The van der Waals surface area contributed by atoms with E-state index in [0.29, 0.717) is 23.3 Å². The standard InChI is InChI=1S/C27H37ClFN5O5/c1-9-20-17(13-19(16(2)29)30-24(35)38-26(3,4)5)14-21-22(31-23(28)32-34(20)21)33(15-18-11-10-12-37-18)25(36)39-27(6,7)8/h10-12,14,16,19H,9,13,15H2,1-8H3,(H,30,35)/t16-,19+/m0/s1. The number of alkyl halides is 1. The summed E-state index contributed by atoms with van der Waals surface area (Å²) in [5.74, 6) is 0.704. The molecule has 0 aromatic carbocycles. The Bertz CT molecular complexity index is 1290. The van der Waals surface area contributed by atoms with Crippen LogP contribution < -0.4 is 10.2 Å². The molecule has 0 aliphatic carbocycles. The van der Waals surface area contributed by atoms with E-state index in [-0.39, 0.29) is 24.1 Å². The number of ether oxygens (including phenoxy) is 2. The Morgan fingerprint density at radius 2 is 1.87 bits per heavy atom. The van der Waals surface area contributed by atoms with Crippen molar-refractivity contribution in [3.63, 3.8) is 0 Å². The van der Waals surface area contributed by atoms with Crippen molar-refractivity contribution in [1.82, 2.24) is 19.9 Å². The van der Waals surface area contributed by atoms with Crippen molar-refractivity contribution in [2.24, 2.45) is 0 Å². The number of furan rings is 1. The Morgan fingerprint density at radius 1 is 1.21 bits per heavy atom. The fourth-order valence-electron chi connectivity index (χ4n) is 3.99. The predicted octanol–water partition coefficient (Wildman–Crippen LogP) is 6.27. The SMILES string of the molecule is CCc1c(C[C@@H](NC(=O)OC(C)(C)C)[C@H](C)F)cc2c(N(Cc3ccco3)C(=O)OC(C)(C)C)nc(Cl)nn12. The zero-order valence-electron chi connectivity index (χ0n) is 23.7. The smallest absolute Gasteiger partial charge is 0.416 e. The van der Waals surface area contributed by atoms with Crippen molar-refractivity contribution >= 4 is 35.1 Å². The van der Waals surface area contributed by atoms with Gasteiger partial charge in [-0.3, -0.25) is 4.90 Å². The first kappa shape index (κ1) is 30.2. The molecule has 2 amide bonds. The number of nitrogens with zero attached hydrogens (tertiary/aromatic N) is 4. The van der Waals surface area contributed by atoms with Gasteiger partial charge in [0, 0.05) is 5.69 Å². The summed E-state index contributed by atoms with van der Waals surface area (Å²) in [5.41, 5.74) is 0.405. The molecule has 1 N–H and O–H groups in total. The van der Waals surface area contributed by atoms with Gasteiger partial charge >= 0.3 is 12.2 Å². The molecule has 39 heavy (non-hydrogen) atoms. The zero-order chi connectivity index (χ0) is 29.1. The number of halogens is 2. The first-order chi connectivity index (χ1) is 18.1. The Balaban J connectivity index is 2.08. The number of aryl methyl sites for hydroxylation is 1. The third-order valence-electron chi connectivity index (χ3n) is 5.57. The highest BCUT2D eigenvalue weighted by Gasteiger charge is 2.30. The summed E-state index contributed by atoms with van der Waals surface area (Å²) in [6.45, 7) is 13.8. The number of amides is 2. The van der Waals surface area contributed by atoms with E-state index in [9.17, 15) is 14.0 Å². The van der Waals surface area contributed by atoms with Gasteiger partial charge in [0.25, 0.3) is 0 Å². The summed E-state index contributed by atoms with van der Waals surface area (Å²) in [6.07, 6.45) is -0.580. The number of hydrogen-bond acceptors (Lipinski definition) is 7. The first-order valence-corrected chi connectivity index (χ1v) is 13.2. The van der Waals surface area contributed by atoms with Gasteiger partial charge in [-0.25, -0.2) is 18.5 Å². The average molecular weight is 566 g/mol. The molecule has 12 heteroatoms. The van der Waals surface area contributed by atoms with Gasteiger partial charge < -0.3 is 19.2 Å². The molecule has 2 atom stereocenters. The molecule has 0 bridgehead atoms. The van der Waals surface area contributed by atoms with Crippen LogP contribution >= 0.6 is 11.6 Å². The molecule has 3 heterocycles. The molecule has 0 fully saturated rings. The van der Waals surface area contributed by atoms with Gasteiger partial charge in [0.1, 0.15) is 28.7 Å². The van der Waals surface area contributed by atoms with Gasteiger partial charge in [-0.1, -0.05) is 6.92 Å². The minimum atomic E-state index is -1.38. The van der Waals surface area contributed by atoms with Crippen LogP contribution in [0.25, 0.3) is 5.52 Å². The Kier molecular flexibility index (Phi) is 9.15. The second kappa shape index (κ2) is 11.8. The van der Waals surface area contributed by atoms with Crippen LogP contribution in [0.1, 0.15) is 72.4 Å². The van der Waals surface area contributed by atoms with Crippen molar-refractivity contribution in [2.45, 2.75) is 98.2 Å². The van der Waals surface area contributed by atoms with E-state index in [2.05, 4.69) is 15.4 Å². The number of alkyl carbamates (subject to hydrolysis) is 1. The lowest BCUT2D eigenvalue weighted by atomic mass is 10.0. The number of rotatable bonds is 8. The molecule has 3 rings (SSSR count). The van der Waals surface area contributed by atoms with E-state index < -0.39 is 35.6 Å². The monoisotopic (exact) mass is 565 g/mol. The van der Waals surface area contributed by atoms with Crippen molar-refractivity contribution in [2.75, 3.05) is 4.90 Å². The second-order valence-electron chi connectivity index (χ2n) is 11.3. The maximum Gasteiger partial charge on any atom is 0.416 e. The number of carbonyl (C=O) groups excluding carboxylic acids is 2. The second-order valence-corrected chi connectivity index (χ2v) is 11.6. The summed E-state index contributed by atoms with van der Waals surface area (Å²) in [4.78, 5) is 31.5. The molecule has 0 aliphatic rings. The highest BCUT2D eigenvalue weighted by molar-refractivity contribution is 6.28. The number of hydrogen-bond donors (Lipinski definition) is 1. The van der Waals surface area contributed by atoms with Gasteiger partial charge in [0.05, 0.1) is 18.8 Å². The van der Waals surface area contributed by atoms with Crippen LogP contribution in [0.4, 0.5) is 19.8 Å². The molecular weight excluding hydrogens is 529 g/mol. The number of carbonyl (C=O) groups is 2. The third-order valence-corrected chi connectivity index (χ3v) is 5.73. The summed E-state index contributed by atoms with van der Waals surface area (Å²) in [7, 11) is 0. The molecule has 3 aromatic heterocycles. The van der Waals surface area contributed by atoms with Crippen LogP contribution in [0.5, 0.6) is 0 Å². The van der Waals surface area contributed by atoms with Gasteiger partial charge in [-0.2, -0.15) is 4.98 Å². The van der Waals surface area contributed by atoms with Crippen LogP contribution in [-0.2, 0) is 28.9 Å².